The number of ketones is 1. The molecular formula is C19H20N2O3S. The van der Waals surface area contributed by atoms with Gasteiger partial charge >= 0.3 is 0 Å². The average Bonchev–Trinajstić information content (AvgIpc) is 3.19. The van der Waals surface area contributed by atoms with Gasteiger partial charge in [0.05, 0.1) is 29.7 Å². The minimum atomic E-state index is -0.554. The van der Waals surface area contributed by atoms with Crippen molar-refractivity contribution in [3.63, 3.8) is 0 Å². The molecule has 2 aliphatic heterocycles. The zero-order valence-corrected chi connectivity index (χ0v) is 15.0. The number of aryl methyl sites for hydroxylation is 2. The molecule has 6 heteroatoms. The van der Waals surface area contributed by atoms with E-state index < -0.39 is 5.60 Å². The van der Waals surface area contributed by atoms with Crippen LogP contribution in [0.5, 0.6) is 5.75 Å². The van der Waals surface area contributed by atoms with Crippen molar-refractivity contribution < 1.29 is 14.3 Å². The van der Waals surface area contributed by atoms with Gasteiger partial charge in [0.1, 0.15) is 11.4 Å². The molecule has 0 unspecified atom stereocenters. The molecule has 5 nitrogen and oxygen atoms in total. The summed E-state index contributed by atoms with van der Waals surface area (Å²) >= 11 is 1.60. The van der Waals surface area contributed by atoms with E-state index in [1.165, 1.54) is 4.88 Å². The molecule has 1 saturated heterocycles. The summed E-state index contributed by atoms with van der Waals surface area (Å²) in [5, 5.41) is 0. The molecule has 0 saturated carbocycles. The smallest absolute Gasteiger partial charge is 0.223 e. The molecule has 1 amide bonds. The van der Waals surface area contributed by atoms with Crippen LogP contribution in [0.1, 0.15) is 40.2 Å². The van der Waals surface area contributed by atoms with Gasteiger partial charge in [-0.1, -0.05) is 12.1 Å². The molecule has 1 spiro atoms. The minimum absolute atomic E-state index is 0.108. The first-order valence-corrected chi connectivity index (χ1v) is 9.42. The van der Waals surface area contributed by atoms with Crippen LogP contribution < -0.4 is 4.74 Å². The predicted octanol–water partition coefficient (Wildman–Crippen LogP) is 3.02. The molecule has 4 rings (SSSR count). The van der Waals surface area contributed by atoms with Crippen LogP contribution in [-0.2, 0) is 11.2 Å². The van der Waals surface area contributed by atoms with Crippen molar-refractivity contribution in [3.8, 4) is 5.75 Å². The number of para-hydroxylation sites is 1. The number of hydrogen-bond donors (Lipinski definition) is 0. The van der Waals surface area contributed by atoms with Crippen LogP contribution in [0, 0.1) is 6.92 Å². The number of hydrogen-bond acceptors (Lipinski definition) is 5. The second-order valence-corrected chi connectivity index (χ2v) is 7.75. The van der Waals surface area contributed by atoms with Crippen LogP contribution in [0.2, 0.25) is 0 Å². The van der Waals surface area contributed by atoms with Gasteiger partial charge in [-0.15, -0.1) is 11.3 Å². The Kier molecular flexibility index (Phi) is 4.07. The molecule has 25 heavy (non-hydrogen) atoms. The molecule has 0 bridgehead atoms. The van der Waals surface area contributed by atoms with E-state index in [4.69, 9.17) is 4.74 Å². The van der Waals surface area contributed by atoms with E-state index in [2.05, 4.69) is 4.98 Å². The molecule has 1 aromatic carbocycles. The van der Waals surface area contributed by atoms with Gasteiger partial charge < -0.3 is 9.64 Å². The topological polar surface area (TPSA) is 59.5 Å². The average molecular weight is 356 g/mol. The predicted molar refractivity (Wildman–Crippen MR) is 95.1 cm³/mol. The van der Waals surface area contributed by atoms with Crippen LogP contribution in [0.25, 0.3) is 0 Å². The molecule has 1 fully saturated rings. The van der Waals surface area contributed by atoms with Gasteiger partial charge in [-0.2, -0.15) is 0 Å². The molecule has 0 aliphatic carbocycles. The number of aromatic nitrogens is 1. The number of Topliss-reactive ketones (excluding diaryl/α,β-unsaturated/α-hetero) is 1. The van der Waals surface area contributed by atoms with Gasteiger partial charge in [-0.05, 0) is 25.5 Å². The fourth-order valence-corrected chi connectivity index (χ4v) is 4.45. The summed E-state index contributed by atoms with van der Waals surface area (Å²) in [6.45, 7) is 3.11. The summed E-state index contributed by atoms with van der Waals surface area (Å²) in [5.74, 6) is 0.879. The number of amides is 1. The van der Waals surface area contributed by atoms with E-state index in [0.717, 1.165) is 12.1 Å². The number of carbonyl (C=O) groups excluding carboxylic acids is 2. The summed E-state index contributed by atoms with van der Waals surface area (Å²) in [5.41, 5.74) is 2.92. The highest BCUT2D eigenvalue weighted by atomic mass is 32.1. The monoisotopic (exact) mass is 356 g/mol. The van der Waals surface area contributed by atoms with Gasteiger partial charge in [0.2, 0.25) is 5.91 Å². The Morgan fingerprint density at radius 1 is 1.40 bits per heavy atom. The quantitative estimate of drug-likeness (QED) is 0.848. The number of carbonyl (C=O) groups is 2. The van der Waals surface area contributed by atoms with Gasteiger partial charge in [0.25, 0.3) is 0 Å². The van der Waals surface area contributed by atoms with Crippen molar-refractivity contribution in [2.75, 3.05) is 13.1 Å². The van der Waals surface area contributed by atoms with E-state index >= 15 is 0 Å². The molecule has 2 aromatic rings. The summed E-state index contributed by atoms with van der Waals surface area (Å²) in [7, 11) is 0. The SMILES string of the molecule is Cc1ncsc1CCC(=O)N1CC[C@]2(CC(=O)c3ccccc3O2)C1. The van der Waals surface area contributed by atoms with Crippen LogP contribution in [0.15, 0.2) is 29.8 Å². The lowest BCUT2D eigenvalue weighted by Crippen LogP contribution is -2.45. The largest absolute Gasteiger partial charge is 0.484 e. The fourth-order valence-electron chi connectivity index (χ4n) is 3.67. The normalized spacial score (nSPS) is 22.1. The van der Waals surface area contributed by atoms with E-state index in [9.17, 15) is 9.59 Å². The first-order chi connectivity index (χ1) is 12.1. The second-order valence-electron chi connectivity index (χ2n) is 6.81. The minimum Gasteiger partial charge on any atom is -0.484 e. The van der Waals surface area contributed by atoms with Crippen molar-refractivity contribution in [1.29, 1.82) is 0 Å². The Morgan fingerprint density at radius 2 is 2.24 bits per heavy atom. The molecule has 1 atom stereocenters. The number of likely N-dealkylation sites (tertiary alicyclic amines) is 1. The maximum atomic E-state index is 12.6. The zero-order valence-electron chi connectivity index (χ0n) is 14.2. The molecule has 0 radical (unpaired) electrons. The third-order valence-corrected chi connectivity index (χ3v) is 6.07. The lowest BCUT2D eigenvalue weighted by molar-refractivity contribution is -0.130. The van der Waals surface area contributed by atoms with Gasteiger partial charge in [-0.25, -0.2) is 4.98 Å². The number of thiazole rings is 1. The Bertz CT molecular complexity index is 832. The van der Waals surface area contributed by atoms with Crippen molar-refractivity contribution in [2.24, 2.45) is 0 Å². The van der Waals surface area contributed by atoms with Crippen LogP contribution >= 0.6 is 11.3 Å². The molecule has 1 aromatic heterocycles. The number of fused-ring (bicyclic) bond motifs is 1. The van der Waals surface area contributed by atoms with Crippen molar-refractivity contribution in [1.82, 2.24) is 9.88 Å². The van der Waals surface area contributed by atoms with Gasteiger partial charge in [-0.3, -0.25) is 9.59 Å². The van der Waals surface area contributed by atoms with Crippen molar-refractivity contribution >= 4 is 23.0 Å². The number of ether oxygens (including phenoxy) is 1. The number of benzene rings is 1. The first-order valence-electron chi connectivity index (χ1n) is 8.54. The lowest BCUT2D eigenvalue weighted by atomic mass is 9.89. The standard InChI is InChI=1S/C19H20N2O3S/c1-13-17(25-12-20-13)6-7-18(23)21-9-8-19(11-21)10-15(22)14-4-2-3-5-16(14)24-19/h2-5,12H,6-11H2,1H3/t19-/m0/s1. The molecule has 3 heterocycles. The second kappa shape index (κ2) is 6.26. The maximum absolute atomic E-state index is 12.6. The Balaban J connectivity index is 1.42. The Morgan fingerprint density at radius 3 is 3.04 bits per heavy atom. The molecule has 0 N–H and O–H groups in total. The van der Waals surface area contributed by atoms with E-state index in [1.807, 2.05) is 35.5 Å². The summed E-state index contributed by atoms with van der Waals surface area (Å²) in [6.07, 6.45) is 2.26. The maximum Gasteiger partial charge on any atom is 0.223 e. The highest BCUT2D eigenvalue weighted by Gasteiger charge is 2.46. The van der Waals surface area contributed by atoms with Crippen LogP contribution in [0.4, 0.5) is 0 Å². The third-order valence-electron chi connectivity index (χ3n) is 5.08. The van der Waals surface area contributed by atoms with Crippen molar-refractivity contribution in [2.45, 2.75) is 38.2 Å². The van der Waals surface area contributed by atoms with Crippen LogP contribution in [-0.4, -0.2) is 40.3 Å². The van der Waals surface area contributed by atoms with E-state index in [0.29, 0.717) is 43.7 Å². The molecule has 2 aliphatic rings. The van der Waals surface area contributed by atoms with E-state index in [-0.39, 0.29) is 11.7 Å². The molecular weight excluding hydrogens is 336 g/mol. The Hall–Kier alpha value is -2.21. The third kappa shape index (κ3) is 3.06. The lowest BCUT2D eigenvalue weighted by Gasteiger charge is -2.34. The van der Waals surface area contributed by atoms with Gasteiger partial charge in [0.15, 0.2) is 5.78 Å². The summed E-state index contributed by atoms with van der Waals surface area (Å²) in [4.78, 5) is 32.3. The van der Waals surface area contributed by atoms with Gasteiger partial charge in [0, 0.05) is 24.3 Å². The summed E-state index contributed by atoms with van der Waals surface area (Å²) < 4.78 is 6.18. The van der Waals surface area contributed by atoms with Crippen LogP contribution in [0.3, 0.4) is 0 Å². The zero-order chi connectivity index (χ0) is 17.4. The highest BCUT2D eigenvalue weighted by molar-refractivity contribution is 7.09. The van der Waals surface area contributed by atoms with Crippen molar-refractivity contribution in [3.05, 3.63) is 45.9 Å². The Labute approximate surface area is 150 Å². The number of rotatable bonds is 3. The molecule has 130 valence electrons. The van der Waals surface area contributed by atoms with E-state index in [1.54, 1.807) is 17.4 Å². The summed E-state index contributed by atoms with van der Waals surface area (Å²) in [6, 6.07) is 7.37. The fraction of sp³-hybridized carbons (Fsp3) is 0.421. The first kappa shape index (κ1) is 16.3. The highest BCUT2D eigenvalue weighted by Crippen LogP contribution is 2.38. The number of nitrogens with zero attached hydrogens (tertiary/aromatic N) is 2.